The Morgan fingerprint density at radius 3 is 2.65 bits per heavy atom. The van der Waals surface area contributed by atoms with E-state index in [9.17, 15) is 19.8 Å². The molecule has 1 aromatic heterocycles. The van der Waals surface area contributed by atoms with E-state index in [1.165, 1.54) is 21.9 Å². The lowest BCUT2D eigenvalue weighted by molar-refractivity contribution is -0.137. The van der Waals surface area contributed by atoms with Gasteiger partial charge in [0, 0.05) is 24.6 Å². The molecule has 7 nitrogen and oxygen atoms in total. The third-order valence-electron chi connectivity index (χ3n) is 5.39. The Kier molecular flexibility index (Phi) is 4.10. The van der Waals surface area contributed by atoms with Gasteiger partial charge in [-0.15, -0.1) is 0 Å². The number of carbonyl (C=O) groups is 1. The molecule has 1 aliphatic carbocycles. The smallest absolute Gasteiger partial charge is 0.407 e. The van der Waals surface area contributed by atoms with E-state index < -0.39 is 17.1 Å². The number of piperidine rings is 1. The van der Waals surface area contributed by atoms with E-state index in [2.05, 4.69) is 4.98 Å². The molecule has 1 atom stereocenters. The first-order valence-corrected chi connectivity index (χ1v) is 8.15. The minimum absolute atomic E-state index is 0.115. The molecule has 0 radical (unpaired) electrons. The maximum absolute atomic E-state index is 12.1. The van der Waals surface area contributed by atoms with Crippen molar-refractivity contribution in [3.8, 4) is 0 Å². The number of aromatic nitrogens is 2. The molecule has 1 aromatic rings. The summed E-state index contributed by atoms with van der Waals surface area (Å²) in [6.45, 7) is 0.696. The first-order chi connectivity index (χ1) is 10.9. The van der Waals surface area contributed by atoms with Gasteiger partial charge in [-0.25, -0.2) is 9.78 Å². The summed E-state index contributed by atoms with van der Waals surface area (Å²) in [6, 6.07) is 1.22. The predicted octanol–water partition coefficient (Wildman–Crippen LogP) is 1.57. The maximum atomic E-state index is 12.1. The molecular weight excluding hydrogens is 322 g/mol. The van der Waals surface area contributed by atoms with Gasteiger partial charge >= 0.3 is 6.09 Å². The van der Waals surface area contributed by atoms with Gasteiger partial charge in [-0.3, -0.25) is 9.36 Å². The summed E-state index contributed by atoms with van der Waals surface area (Å²) in [5.41, 5.74) is -1.93. The number of amides is 1. The number of likely N-dealkylation sites (tertiary alicyclic amines) is 1. The van der Waals surface area contributed by atoms with E-state index in [4.69, 9.17) is 11.6 Å². The van der Waals surface area contributed by atoms with Crippen LogP contribution in [0.25, 0.3) is 0 Å². The Morgan fingerprint density at radius 2 is 2.04 bits per heavy atom. The number of hydrogen-bond acceptors (Lipinski definition) is 4. The normalized spacial score (nSPS) is 26.6. The highest BCUT2D eigenvalue weighted by atomic mass is 35.5. The SMILES string of the molecule is O=C(O)N1CCC(O)(Cn2cnc(Cl)cc2=O)C2(CCCC2)C1. The minimum atomic E-state index is -1.12. The van der Waals surface area contributed by atoms with Crippen LogP contribution in [0.15, 0.2) is 17.2 Å². The van der Waals surface area contributed by atoms with Crippen LogP contribution in [0.2, 0.25) is 5.15 Å². The fourth-order valence-electron chi connectivity index (χ4n) is 4.07. The molecule has 1 saturated carbocycles. The summed E-state index contributed by atoms with van der Waals surface area (Å²) in [5, 5.41) is 20.7. The Morgan fingerprint density at radius 1 is 1.35 bits per heavy atom. The highest BCUT2D eigenvalue weighted by Gasteiger charge is 2.55. The van der Waals surface area contributed by atoms with Crippen molar-refractivity contribution in [2.75, 3.05) is 13.1 Å². The van der Waals surface area contributed by atoms with Gasteiger partial charge in [0.2, 0.25) is 0 Å². The zero-order valence-corrected chi connectivity index (χ0v) is 13.5. The Bertz CT molecular complexity index is 671. The topological polar surface area (TPSA) is 95.7 Å². The van der Waals surface area contributed by atoms with Crippen molar-refractivity contribution >= 4 is 17.7 Å². The van der Waals surface area contributed by atoms with E-state index in [1.54, 1.807) is 0 Å². The van der Waals surface area contributed by atoms with Crippen molar-refractivity contribution in [1.29, 1.82) is 0 Å². The predicted molar refractivity (Wildman–Crippen MR) is 83.6 cm³/mol. The molecule has 1 unspecified atom stereocenters. The minimum Gasteiger partial charge on any atom is -0.465 e. The van der Waals surface area contributed by atoms with Crippen LogP contribution in [0.3, 0.4) is 0 Å². The van der Waals surface area contributed by atoms with Crippen LogP contribution in [-0.4, -0.2) is 49.4 Å². The first kappa shape index (κ1) is 16.3. The molecule has 2 aliphatic rings. The highest BCUT2D eigenvalue weighted by molar-refractivity contribution is 6.29. The number of aliphatic hydroxyl groups is 1. The standard InChI is InChI=1S/C15H20ClN3O4/c16-11-7-12(20)19(10-17-11)9-15(23)5-6-18(13(21)22)8-14(15)3-1-2-4-14/h7,10,23H,1-6,8-9H2,(H,21,22). The van der Waals surface area contributed by atoms with Crippen LogP contribution >= 0.6 is 11.6 Å². The summed E-state index contributed by atoms with van der Waals surface area (Å²) >= 11 is 5.71. The lowest BCUT2D eigenvalue weighted by Crippen LogP contribution is -2.62. The maximum Gasteiger partial charge on any atom is 0.407 e. The van der Waals surface area contributed by atoms with Gasteiger partial charge in [0.1, 0.15) is 5.15 Å². The summed E-state index contributed by atoms with van der Waals surface area (Å²) < 4.78 is 1.36. The summed E-state index contributed by atoms with van der Waals surface area (Å²) in [7, 11) is 0. The zero-order chi connectivity index (χ0) is 16.7. The fourth-order valence-corrected chi connectivity index (χ4v) is 4.20. The van der Waals surface area contributed by atoms with Gasteiger partial charge in [0.25, 0.3) is 5.56 Å². The van der Waals surface area contributed by atoms with Crippen molar-refractivity contribution in [2.24, 2.45) is 5.41 Å². The van der Waals surface area contributed by atoms with Crippen molar-refractivity contribution in [3.63, 3.8) is 0 Å². The lowest BCUT2D eigenvalue weighted by atomic mass is 9.66. The molecule has 2 fully saturated rings. The molecule has 1 spiro atoms. The fraction of sp³-hybridized carbons (Fsp3) is 0.667. The third-order valence-corrected chi connectivity index (χ3v) is 5.59. The number of rotatable bonds is 2. The molecule has 126 valence electrons. The van der Waals surface area contributed by atoms with Crippen LogP contribution in [-0.2, 0) is 6.54 Å². The van der Waals surface area contributed by atoms with E-state index in [0.29, 0.717) is 13.0 Å². The molecular formula is C15H20ClN3O4. The van der Waals surface area contributed by atoms with Gasteiger partial charge in [-0.05, 0) is 19.3 Å². The second-order valence-corrected chi connectivity index (χ2v) is 7.04. The zero-order valence-electron chi connectivity index (χ0n) is 12.7. The van der Waals surface area contributed by atoms with Crippen molar-refractivity contribution in [3.05, 3.63) is 27.9 Å². The number of carboxylic acid groups (broad SMARTS) is 1. The molecule has 8 heteroatoms. The number of hydrogen-bond donors (Lipinski definition) is 2. The molecule has 0 aromatic carbocycles. The van der Waals surface area contributed by atoms with E-state index in [1.807, 2.05) is 0 Å². The second-order valence-electron chi connectivity index (χ2n) is 6.65. The van der Waals surface area contributed by atoms with Gasteiger partial charge < -0.3 is 15.1 Å². The van der Waals surface area contributed by atoms with Crippen LogP contribution < -0.4 is 5.56 Å². The number of nitrogens with zero attached hydrogens (tertiary/aromatic N) is 3. The van der Waals surface area contributed by atoms with Crippen LogP contribution in [0.5, 0.6) is 0 Å². The summed E-state index contributed by atoms with van der Waals surface area (Å²) in [4.78, 5) is 28.7. The molecule has 2 heterocycles. The first-order valence-electron chi connectivity index (χ1n) is 7.78. The van der Waals surface area contributed by atoms with Gasteiger partial charge in [-0.1, -0.05) is 24.4 Å². The third kappa shape index (κ3) is 2.83. The Labute approximate surface area is 138 Å². The second kappa shape index (κ2) is 5.79. The van der Waals surface area contributed by atoms with Gasteiger partial charge in [0.15, 0.2) is 0 Å². The number of halogens is 1. The van der Waals surface area contributed by atoms with Crippen molar-refractivity contribution in [1.82, 2.24) is 14.5 Å². The average Bonchev–Trinajstić information content (AvgIpc) is 2.95. The van der Waals surface area contributed by atoms with Crippen molar-refractivity contribution < 1.29 is 15.0 Å². The largest absolute Gasteiger partial charge is 0.465 e. The Hall–Kier alpha value is -1.60. The lowest BCUT2D eigenvalue weighted by Gasteiger charge is -2.51. The van der Waals surface area contributed by atoms with E-state index in [-0.39, 0.29) is 23.8 Å². The monoisotopic (exact) mass is 341 g/mol. The van der Waals surface area contributed by atoms with Gasteiger partial charge in [-0.2, -0.15) is 0 Å². The highest BCUT2D eigenvalue weighted by Crippen LogP contribution is 2.51. The summed E-state index contributed by atoms with van der Waals surface area (Å²) in [6.07, 6.45) is 4.16. The molecule has 3 rings (SSSR count). The van der Waals surface area contributed by atoms with Gasteiger partial charge in [0.05, 0.1) is 18.5 Å². The molecule has 1 saturated heterocycles. The molecule has 1 aliphatic heterocycles. The quantitative estimate of drug-likeness (QED) is 0.796. The molecule has 0 bridgehead atoms. The average molecular weight is 342 g/mol. The van der Waals surface area contributed by atoms with Crippen LogP contribution in [0.1, 0.15) is 32.1 Å². The van der Waals surface area contributed by atoms with Crippen LogP contribution in [0, 0.1) is 5.41 Å². The van der Waals surface area contributed by atoms with E-state index >= 15 is 0 Å². The van der Waals surface area contributed by atoms with Crippen molar-refractivity contribution in [2.45, 2.75) is 44.2 Å². The van der Waals surface area contributed by atoms with E-state index in [0.717, 1.165) is 25.7 Å². The Balaban J connectivity index is 1.92. The molecule has 2 N–H and O–H groups in total. The molecule has 23 heavy (non-hydrogen) atoms. The summed E-state index contributed by atoms with van der Waals surface area (Å²) in [5.74, 6) is 0. The van der Waals surface area contributed by atoms with Crippen LogP contribution in [0.4, 0.5) is 4.79 Å². The molecule has 1 amide bonds.